The molecule has 3 rings (SSSR count). The zero-order chi connectivity index (χ0) is 53.4. The maximum Gasteiger partial charge on any atom is 0.220 e. The van der Waals surface area contributed by atoms with E-state index in [9.17, 15) is 61.0 Å². The zero-order valence-electron chi connectivity index (χ0n) is 44.1. The highest BCUT2D eigenvalue weighted by molar-refractivity contribution is 5.76. The minimum atomic E-state index is -1.98. The summed E-state index contributed by atoms with van der Waals surface area (Å²) in [6.45, 7) is 1.58. The van der Waals surface area contributed by atoms with Gasteiger partial charge in [-0.3, -0.25) is 4.79 Å². The molecule has 3 aliphatic rings. The van der Waals surface area contributed by atoms with E-state index in [1.807, 2.05) is 6.08 Å². The number of hydrogen-bond donors (Lipinski definition) is 12. The van der Waals surface area contributed by atoms with Crippen molar-refractivity contribution in [3.05, 3.63) is 24.3 Å². The van der Waals surface area contributed by atoms with E-state index in [2.05, 4.69) is 31.3 Å². The molecule has 17 atom stereocenters. The molecule has 73 heavy (non-hydrogen) atoms. The highest BCUT2D eigenvalue weighted by atomic mass is 16.8. The number of amides is 1. The molecule has 17 unspecified atom stereocenters. The van der Waals surface area contributed by atoms with Crippen LogP contribution in [0.1, 0.15) is 181 Å². The van der Waals surface area contributed by atoms with Crippen LogP contribution in [0.3, 0.4) is 0 Å². The third-order valence-corrected chi connectivity index (χ3v) is 14.3. The first-order valence-corrected chi connectivity index (χ1v) is 28.1. The van der Waals surface area contributed by atoms with Crippen molar-refractivity contribution >= 4 is 5.91 Å². The number of aliphatic hydroxyl groups excluding tert-OH is 11. The van der Waals surface area contributed by atoms with Gasteiger partial charge in [0.05, 0.1) is 38.6 Å². The van der Waals surface area contributed by atoms with Gasteiger partial charge in [0.15, 0.2) is 18.9 Å². The Morgan fingerprint density at radius 1 is 0.479 bits per heavy atom. The fraction of sp³-hybridized carbons (Fsp3) is 0.907. The Labute approximate surface area is 435 Å². The number of carbonyl (C=O) groups excluding carboxylic acids is 1. The highest BCUT2D eigenvalue weighted by Gasteiger charge is 2.53. The van der Waals surface area contributed by atoms with Gasteiger partial charge in [-0.15, -0.1) is 0 Å². The normalized spacial score (nSPS) is 31.9. The number of aliphatic hydroxyl groups is 11. The summed E-state index contributed by atoms with van der Waals surface area (Å²) in [5, 5.41) is 119. The fourth-order valence-corrected chi connectivity index (χ4v) is 9.56. The lowest BCUT2D eigenvalue weighted by atomic mass is 9.96. The molecule has 0 saturated carbocycles. The lowest BCUT2D eigenvalue weighted by Crippen LogP contribution is -2.66. The Hall–Kier alpha value is -1.73. The maximum atomic E-state index is 13.0. The molecule has 3 aliphatic heterocycles. The van der Waals surface area contributed by atoms with Crippen LogP contribution >= 0.6 is 0 Å². The second-order valence-electron chi connectivity index (χ2n) is 20.4. The maximum absolute atomic E-state index is 13.0. The van der Waals surface area contributed by atoms with E-state index < -0.39 is 124 Å². The first kappa shape index (κ1) is 65.6. The minimum Gasteiger partial charge on any atom is -0.394 e. The molecule has 12 N–H and O–H groups in total. The molecule has 0 aromatic heterocycles. The van der Waals surface area contributed by atoms with E-state index in [0.717, 1.165) is 44.9 Å². The highest BCUT2D eigenvalue weighted by Crippen LogP contribution is 2.33. The van der Waals surface area contributed by atoms with E-state index in [4.69, 9.17) is 28.4 Å². The van der Waals surface area contributed by atoms with Crippen molar-refractivity contribution in [2.24, 2.45) is 0 Å². The van der Waals surface area contributed by atoms with E-state index in [1.165, 1.54) is 103 Å². The summed E-state index contributed by atoms with van der Waals surface area (Å²) in [7, 11) is 0. The number of carbonyl (C=O) groups is 1. The number of hydrogen-bond acceptors (Lipinski definition) is 18. The van der Waals surface area contributed by atoms with Crippen LogP contribution in [-0.4, -0.2) is 193 Å². The lowest BCUT2D eigenvalue weighted by Gasteiger charge is -2.48. The van der Waals surface area contributed by atoms with Crippen LogP contribution in [0.25, 0.3) is 0 Å². The van der Waals surface area contributed by atoms with E-state index in [0.29, 0.717) is 12.8 Å². The minimum absolute atomic E-state index is 0.231. The predicted octanol–water partition coefficient (Wildman–Crippen LogP) is 3.59. The van der Waals surface area contributed by atoms with Crippen molar-refractivity contribution in [1.82, 2.24) is 5.32 Å². The predicted molar refractivity (Wildman–Crippen MR) is 273 cm³/mol. The summed E-state index contributed by atoms with van der Waals surface area (Å²) in [5.41, 5.74) is 0. The molecule has 3 saturated heterocycles. The molecule has 0 aromatic carbocycles. The van der Waals surface area contributed by atoms with Gasteiger partial charge in [0.2, 0.25) is 5.91 Å². The molecule has 0 aromatic rings. The molecule has 19 heteroatoms. The molecule has 19 nitrogen and oxygen atoms in total. The Morgan fingerprint density at radius 3 is 1.37 bits per heavy atom. The molecule has 428 valence electrons. The van der Waals surface area contributed by atoms with Crippen LogP contribution in [0.2, 0.25) is 0 Å². The van der Waals surface area contributed by atoms with Crippen molar-refractivity contribution in [3.8, 4) is 0 Å². The first-order chi connectivity index (χ1) is 35.3. The van der Waals surface area contributed by atoms with E-state index in [-0.39, 0.29) is 18.9 Å². The second kappa shape index (κ2) is 38.8. The summed E-state index contributed by atoms with van der Waals surface area (Å²) in [6.07, 6.45) is 11.1. The topological polar surface area (TPSA) is 307 Å². The fourth-order valence-electron chi connectivity index (χ4n) is 9.56. The molecular formula is C54H99NO18. The quantitative estimate of drug-likeness (QED) is 0.0308. The Bertz CT molecular complexity index is 1440. The van der Waals surface area contributed by atoms with Gasteiger partial charge in [0.25, 0.3) is 0 Å². The van der Waals surface area contributed by atoms with Crippen LogP contribution in [0.4, 0.5) is 0 Å². The summed E-state index contributed by atoms with van der Waals surface area (Å²) in [4.78, 5) is 13.0. The van der Waals surface area contributed by atoms with Gasteiger partial charge in [0.1, 0.15) is 73.2 Å². The molecular weight excluding hydrogens is 951 g/mol. The van der Waals surface area contributed by atoms with Crippen LogP contribution in [-0.2, 0) is 33.2 Å². The van der Waals surface area contributed by atoms with Gasteiger partial charge in [-0.25, -0.2) is 0 Å². The number of ether oxygens (including phenoxy) is 6. The van der Waals surface area contributed by atoms with Crippen LogP contribution in [0, 0.1) is 0 Å². The standard InChI is InChI=1S/C54H99NO18/c1-3-5-7-9-10-11-12-13-14-15-16-17-18-19-20-21-22-23-24-25-26-28-29-31-38(59)37(55-42(60)32-30-27-8-6-4-2)36-68-52-48(66)45(63)50(40(34-57)70-52)73-54-49(67)46(64)51(41(35-58)71-54)72-53-47(65)44(62)43(61)39(33-56)69-53/h24-25,29,31,37-41,43-54,56-59,61-67H,3-23,26-28,30,32-36H2,1-2H3,(H,55,60)/b25-24+,31-29+. The largest absolute Gasteiger partial charge is 0.394 e. The second-order valence-corrected chi connectivity index (χ2v) is 20.4. The van der Waals surface area contributed by atoms with Gasteiger partial charge >= 0.3 is 0 Å². The third-order valence-electron chi connectivity index (χ3n) is 14.3. The zero-order valence-corrected chi connectivity index (χ0v) is 44.1. The number of unbranched alkanes of at least 4 members (excludes halogenated alkanes) is 22. The molecule has 1 amide bonds. The number of rotatable bonds is 40. The summed E-state index contributed by atoms with van der Waals surface area (Å²) in [6, 6.07) is -0.982. The van der Waals surface area contributed by atoms with Crippen LogP contribution < -0.4 is 5.32 Å². The third kappa shape index (κ3) is 23.8. The summed E-state index contributed by atoms with van der Waals surface area (Å²) < 4.78 is 34.0. The van der Waals surface area contributed by atoms with E-state index in [1.54, 1.807) is 6.08 Å². The Balaban J connectivity index is 1.45. The summed E-state index contributed by atoms with van der Waals surface area (Å²) in [5.74, 6) is -0.299. The van der Waals surface area contributed by atoms with Gasteiger partial charge in [-0.1, -0.05) is 167 Å². The number of nitrogens with one attached hydrogen (secondary N) is 1. The molecule has 3 fully saturated rings. The van der Waals surface area contributed by atoms with Crippen LogP contribution in [0.15, 0.2) is 24.3 Å². The van der Waals surface area contributed by atoms with Crippen molar-refractivity contribution in [1.29, 1.82) is 0 Å². The first-order valence-electron chi connectivity index (χ1n) is 28.1. The molecule has 0 spiro atoms. The molecule has 0 radical (unpaired) electrons. The lowest BCUT2D eigenvalue weighted by molar-refractivity contribution is -0.379. The smallest absolute Gasteiger partial charge is 0.220 e. The number of allylic oxidation sites excluding steroid dienone is 3. The van der Waals surface area contributed by atoms with Gasteiger partial charge in [-0.05, 0) is 32.1 Å². The molecule has 0 aliphatic carbocycles. The summed E-state index contributed by atoms with van der Waals surface area (Å²) >= 11 is 0. The van der Waals surface area contributed by atoms with Crippen LogP contribution in [0.5, 0.6) is 0 Å². The SMILES string of the molecule is CCCCCCCCCCCCCCCCCCC/C=C/CC/C=C/C(O)C(COC1OC(CO)C(OC2OC(CO)C(OC3OC(CO)C(O)C(O)C3O)C(O)C2O)C(O)C1O)NC(=O)CCCCCCC. The van der Waals surface area contributed by atoms with Crippen molar-refractivity contribution in [2.45, 2.75) is 285 Å². The average Bonchev–Trinajstić information content (AvgIpc) is 3.38. The van der Waals surface area contributed by atoms with Crippen molar-refractivity contribution < 1.29 is 89.4 Å². The van der Waals surface area contributed by atoms with E-state index >= 15 is 0 Å². The van der Waals surface area contributed by atoms with Gasteiger partial charge in [-0.2, -0.15) is 0 Å². The monoisotopic (exact) mass is 1050 g/mol. The van der Waals surface area contributed by atoms with Gasteiger partial charge < -0.3 is 89.9 Å². The molecule has 0 bridgehead atoms. The van der Waals surface area contributed by atoms with Gasteiger partial charge in [0, 0.05) is 6.42 Å². The molecule has 3 heterocycles. The average molecular weight is 1050 g/mol. The van der Waals surface area contributed by atoms with Crippen molar-refractivity contribution in [3.63, 3.8) is 0 Å². The Kier molecular flexibility index (Phi) is 34.8. The van der Waals surface area contributed by atoms with Crippen molar-refractivity contribution in [2.75, 3.05) is 26.4 Å². The Morgan fingerprint density at radius 2 is 0.877 bits per heavy atom.